The first-order valence-corrected chi connectivity index (χ1v) is 7.54. The lowest BCUT2D eigenvalue weighted by Crippen LogP contribution is -2.18. The van der Waals surface area contributed by atoms with Crippen LogP contribution < -0.4 is 5.32 Å². The fraction of sp³-hybridized carbons (Fsp3) is 0.200. The van der Waals surface area contributed by atoms with Crippen LogP contribution in [0.5, 0.6) is 0 Å². The van der Waals surface area contributed by atoms with Gasteiger partial charge in [0.15, 0.2) is 0 Å². The molecule has 1 atom stereocenters. The predicted molar refractivity (Wildman–Crippen MR) is 85.9 cm³/mol. The third kappa shape index (κ3) is 4.22. The molecular formula is C15H14BrCl2N. The maximum atomic E-state index is 6.17. The molecular weight excluding hydrogens is 345 g/mol. The predicted octanol–water partition coefficient (Wildman–Crippen LogP) is 5.61. The Kier molecular flexibility index (Phi) is 5.28. The summed E-state index contributed by atoms with van der Waals surface area (Å²) in [7, 11) is 0. The van der Waals surface area contributed by atoms with E-state index in [1.165, 1.54) is 5.56 Å². The van der Waals surface area contributed by atoms with Crippen LogP contribution in [0.1, 0.15) is 24.1 Å². The molecule has 0 saturated carbocycles. The van der Waals surface area contributed by atoms with Gasteiger partial charge in [-0.05, 0) is 48.4 Å². The van der Waals surface area contributed by atoms with Gasteiger partial charge in [0, 0.05) is 27.1 Å². The van der Waals surface area contributed by atoms with Gasteiger partial charge in [0.05, 0.1) is 0 Å². The van der Waals surface area contributed by atoms with Crippen LogP contribution in [-0.2, 0) is 6.54 Å². The second-order valence-corrected chi connectivity index (χ2v) is 6.15. The van der Waals surface area contributed by atoms with Crippen LogP contribution in [0.2, 0.25) is 10.0 Å². The van der Waals surface area contributed by atoms with Crippen LogP contribution in [0.4, 0.5) is 0 Å². The number of hydrogen-bond acceptors (Lipinski definition) is 1. The molecule has 2 aromatic rings. The molecule has 0 amide bonds. The van der Waals surface area contributed by atoms with Crippen LogP contribution in [0, 0.1) is 0 Å². The number of rotatable bonds is 4. The summed E-state index contributed by atoms with van der Waals surface area (Å²) in [5, 5.41) is 4.99. The van der Waals surface area contributed by atoms with Crippen molar-refractivity contribution in [1.29, 1.82) is 0 Å². The Bertz CT molecular complexity index is 555. The zero-order chi connectivity index (χ0) is 13.8. The van der Waals surface area contributed by atoms with Crippen LogP contribution in [0.25, 0.3) is 0 Å². The molecule has 4 heteroatoms. The normalized spacial score (nSPS) is 12.4. The minimum absolute atomic E-state index is 0.243. The van der Waals surface area contributed by atoms with Crippen molar-refractivity contribution < 1.29 is 0 Å². The van der Waals surface area contributed by atoms with Crippen molar-refractivity contribution in [3.05, 3.63) is 68.1 Å². The molecule has 0 aliphatic rings. The zero-order valence-electron chi connectivity index (χ0n) is 10.5. The van der Waals surface area contributed by atoms with Gasteiger partial charge in [-0.3, -0.25) is 0 Å². The van der Waals surface area contributed by atoms with Gasteiger partial charge < -0.3 is 5.32 Å². The first-order chi connectivity index (χ1) is 9.06. The highest BCUT2D eigenvalue weighted by Crippen LogP contribution is 2.22. The zero-order valence-corrected chi connectivity index (χ0v) is 13.6. The first kappa shape index (κ1) is 14.9. The minimum Gasteiger partial charge on any atom is -0.306 e. The highest BCUT2D eigenvalue weighted by molar-refractivity contribution is 9.10. The Hall–Kier alpha value is -0.540. The third-order valence-electron chi connectivity index (χ3n) is 2.98. The summed E-state index contributed by atoms with van der Waals surface area (Å²) in [6.45, 7) is 2.84. The van der Waals surface area contributed by atoms with E-state index in [1.807, 2.05) is 42.5 Å². The molecule has 2 rings (SSSR count). The lowest BCUT2D eigenvalue weighted by atomic mass is 10.1. The summed E-state index contributed by atoms with van der Waals surface area (Å²) in [6, 6.07) is 14.0. The maximum Gasteiger partial charge on any atom is 0.0451 e. The Morgan fingerprint density at radius 3 is 2.47 bits per heavy atom. The maximum absolute atomic E-state index is 6.17. The van der Waals surface area contributed by atoms with Crippen molar-refractivity contribution >= 4 is 39.1 Å². The molecule has 0 unspecified atom stereocenters. The quantitative estimate of drug-likeness (QED) is 0.749. The highest BCUT2D eigenvalue weighted by Gasteiger charge is 2.07. The molecule has 19 heavy (non-hydrogen) atoms. The molecule has 0 spiro atoms. The molecule has 100 valence electrons. The number of benzene rings is 2. The van der Waals surface area contributed by atoms with E-state index >= 15 is 0 Å². The molecule has 2 aromatic carbocycles. The van der Waals surface area contributed by atoms with Crippen LogP contribution in [0.15, 0.2) is 46.9 Å². The molecule has 0 heterocycles. The van der Waals surface area contributed by atoms with Gasteiger partial charge in [-0.1, -0.05) is 51.3 Å². The first-order valence-electron chi connectivity index (χ1n) is 5.99. The second-order valence-electron chi connectivity index (χ2n) is 4.39. The Balaban J connectivity index is 2.02. The number of halogens is 3. The largest absolute Gasteiger partial charge is 0.306 e. The third-order valence-corrected chi connectivity index (χ3v) is 4.09. The monoisotopic (exact) mass is 357 g/mol. The lowest BCUT2D eigenvalue weighted by molar-refractivity contribution is 0.575. The average molecular weight is 359 g/mol. The molecule has 0 fully saturated rings. The van der Waals surface area contributed by atoms with Gasteiger partial charge >= 0.3 is 0 Å². The van der Waals surface area contributed by atoms with Gasteiger partial charge in [0.2, 0.25) is 0 Å². The average Bonchev–Trinajstić information content (AvgIpc) is 2.40. The van der Waals surface area contributed by atoms with E-state index in [2.05, 4.69) is 28.2 Å². The van der Waals surface area contributed by atoms with E-state index < -0.39 is 0 Å². The molecule has 0 saturated heterocycles. The van der Waals surface area contributed by atoms with Gasteiger partial charge in [-0.25, -0.2) is 0 Å². The second kappa shape index (κ2) is 6.76. The van der Waals surface area contributed by atoms with Gasteiger partial charge in [0.1, 0.15) is 0 Å². The summed E-state index contributed by atoms with van der Waals surface area (Å²) < 4.78 is 1.04. The van der Waals surface area contributed by atoms with E-state index in [0.717, 1.165) is 26.6 Å². The van der Waals surface area contributed by atoms with Crippen molar-refractivity contribution in [1.82, 2.24) is 5.32 Å². The fourth-order valence-corrected chi connectivity index (χ4v) is 2.53. The summed E-state index contributed by atoms with van der Waals surface area (Å²) in [5.74, 6) is 0. The lowest BCUT2D eigenvalue weighted by Gasteiger charge is -2.15. The Morgan fingerprint density at radius 1 is 1.11 bits per heavy atom. The molecule has 0 bridgehead atoms. The summed E-state index contributed by atoms with van der Waals surface area (Å²) in [4.78, 5) is 0. The van der Waals surface area contributed by atoms with Crippen molar-refractivity contribution in [2.24, 2.45) is 0 Å². The van der Waals surface area contributed by atoms with Crippen molar-refractivity contribution in [3.63, 3.8) is 0 Å². The molecule has 0 radical (unpaired) electrons. The standard InChI is InChI=1S/C15H14BrCl2N/c1-10(11-2-5-14(17)6-3-11)19-9-12-8-13(16)4-7-15(12)18/h2-8,10,19H,9H2,1H3/t10-/m0/s1. The van der Waals surface area contributed by atoms with Gasteiger partial charge in [0.25, 0.3) is 0 Å². The van der Waals surface area contributed by atoms with Gasteiger partial charge in [-0.15, -0.1) is 0 Å². The number of nitrogens with one attached hydrogen (secondary N) is 1. The van der Waals surface area contributed by atoms with E-state index in [-0.39, 0.29) is 6.04 Å². The highest BCUT2D eigenvalue weighted by atomic mass is 79.9. The van der Waals surface area contributed by atoms with Crippen molar-refractivity contribution in [3.8, 4) is 0 Å². The molecule has 0 aliphatic heterocycles. The smallest absolute Gasteiger partial charge is 0.0451 e. The van der Waals surface area contributed by atoms with Crippen LogP contribution in [0.3, 0.4) is 0 Å². The summed E-state index contributed by atoms with van der Waals surface area (Å²) in [6.07, 6.45) is 0. The van der Waals surface area contributed by atoms with Crippen LogP contribution in [-0.4, -0.2) is 0 Å². The SMILES string of the molecule is C[C@H](NCc1cc(Br)ccc1Cl)c1ccc(Cl)cc1. The summed E-state index contributed by atoms with van der Waals surface area (Å²) in [5.41, 5.74) is 2.28. The fourth-order valence-electron chi connectivity index (χ4n) is 1.81. The number of hydrogen-bond donors (Lipinski definition) is 1. The molecule has 0 aliphatic carbocycles. The van der Waals surface area contributed by atoms with Crippen molar-refractivity contribution in [2.45, 2.75) is 19.5 Å². The van der Waals surface area contributed by atoms with Gasteiger partial charge in [-0.2, -0.15) is 0 Å². The van der Waals surface area contributed by atoms with E-state index in [4.69, 9.17) is 23.2 Å². The van der Waals surface area contributed by atoms with E-state index in [1.54, 1.807) is 0 Å². The topological polar surface area (TPSA) is 12.0 Å². The van der Waals surface area contributed by atoms with Crippen molar-refractivity contribution in [2.75, 3.05) is 0 Å². The Morgan fingerprint density at radius 2 is 1.79 bits per heavy atom. The molecule has 1 N–H and O–H groups in total. The minimum atomic E-state index is 0.243. The Labute approximate surface area is 132 Å². The van der Waals surface area contributed by atoms with E-state index in [9.17, 15) is 0 Å². The van der Waals surface area contributed by atoms with Crippen LogP contribution >= 0.6 is 39.1 Å². The summed E-state index contributed by atoms with van der Waals surface area (Å²) >= 11 is 15.5. The molecule has 1 nitrogen and oxygen atoms in total. The van der Waals surface area contributed by atoms with E-state index in [0.29, 0.717) is 0 Å². The molecule has 0 aromatic heterocycles.